The van der Waals surface area contributed by atoms with Gasteiger partial charge in [0.05, 0.1) is 6.21 Å². The summed E-state index contributed by atoms with van der Waals surface area (Å²) in [5.41, 5.74) is 4.28. The number of nitrogens with zero attached hydrogens (tertiary/aromatic N) is 1. The summed E-state index contributed by atoms with van der Waals surface area (Å²) in [4.78, 5) is 11.7. The van der Waals surface area contributed by atoms with E-state index in [4.69, 9.17) is 4.74 Å². The molecule has 1 heterocycles. The van der Waals surface area contributed by atoms with E-state index in [-0.39, 0.29) is 12.0 Å². The second-order valence-corrected chi connectivity index (χ2v) is 6.48. The van der Waals surface area contributed by atoms with Gasteiger partial charge in [-0.25, -0.2) is 5.43 Å². The Morgan fingerprint density at radius 1 is 1.58 bits per heavy atom. The number of allylic oxidation sites excluding steroid dienone is 2. The number of fused-ring (bicyclic) bond motifs is 1. The molecule has 1 aliphatic heterocycles. The standard InChI is InChI=1S/C15H22N2O2/c1-15(2)11-6-5-10(12(15)8-11)9-16-17-14(18)13-4-3-7-19-13/h5,9,11-13H,3-4,6-8H2,1-2H3,(H,17,18)/t11-,12+,13+/m0/s1. The highest BCUT2D eigenvalue weighted by atomic mass is 16.5. The summed E-state index contributed by atoms with van der Waals surface area (Å²) in [7, 11) is 0. The van der Waals surface area contributed by atoms with Gasteiger partial charge >= 0.3 is 0 Å². The first-order valence-corrected chi connectivity index (χ1v) is 7.23. The van der Waals surface area contributed by atoms with E-state index < -0.39 is 0 Å². The number of hydrazone groups is 1. The molecule has 0 aromatic heterocycles. The number of hydrogen-bond acceptors (Lipinski definition) is 3. The topological polar surface area (TPSA) is 50.7 Å². The molecule has 2 bridgehead atoms. The highest BCUT2D eigenvalue weighted by Crippen LogP contribution is 2.58. The highest BCUT2D eigenvalue weighted by Gasteiger charge is 2.50. The zero-order valence-corrected chi connectivity index (χ0v) is 11.7. The normalized spacial score (nSPS) is 35.9. The van der Waals surface area contributed by atoms with Gasteiger partial charge in [-0.3, -0.25) is 4.79 Å². The van der Waals surface area contributed by atoms with Crippen molar-refractivity contribution in [2.24, 2.45) is 22.4 Å². The molecule has 0 radical (unpaired) electrons. The van der Waals surface area contributed by atoms with Crippen LogP contribution in [0, 0.1) is 17.3 Å². The first-order valence-electron chi connectivity index (χ1n) is 7.23. The molecule has 4 heteroatoms. The Morgan fingerprint density at radius 2 is 2.42 bits per heavy atom. The minimum atomic E-state index is -0.304. The highest BCUT2D eigenvalue weighted by molar-refractivity contribution is 5.84. The van der Waals surface area contributed by atoms with E-state index in [9.17, 15) is 4.79 Å². The molecule has 0 aromatic rings. The van der Waals surface area contributed by atoms with Gasteiger partial charge in [-0.1, -0.05) is 19.9 Å². The molecule has 3 aliphatic carbocycles. The van der Waals surface area contributed by atoms with Gasteiger partial charge in [-0.2, -0.15) is 5.10 Å². The van der Waals surface area contributed by atoms with Crippen LogP contribution in [0.25, 0.3) is 0 Å². The molecule has 3 atom stereocenters. The third kappa shape index (κ3) is 2.22. The van der Waals surface area contributed by atoms with Crippen LogP contribution in [0.1, 0.15) is 39.5 Å². The van der Waals surface area contributed by atoms with E-state index in [1.54, 1.807) is 0 Å². The van der Waals surface area contributed by atoms with Crippen molar-refractivity contribution in [2.45, 2.75) is 45.6 Å². The second-order valence-electron chi connectivity index (χ2n) is 6.48. The maximum Gasteiger partial charge on any atom is 0.269 e. The van der Waals surface area contributed by atoms with Crippen molar-refractivity contribution in [3.63, 3.8) is 0 Å². The Hall–Kier alpha value is -1.16. The van der Waals surface area contributed by atoms with Crippen LogP contribution in [-0.2, 0) is 9.53 Å². The van der Waals surface area contributed by atoms with Gasteiger partial charge in [0, 0.05) is 6.61 Å². The summed E-state index contributed by atoms with van der Waals surface area (Å²) in [5.74, 6) is 1.32. The smallest absolute Gasteiger partial charge is 0.269 e. The predicted octanol–water partition coefficient (Wildman–Crippen LogP) is 2.26. The summed E-state index contributed by atoms with van der Waals surface area (Å²) in [6.45, 7) is 5.35. The second kappa shape index (κ2) is 4.75. The maximum absolute atomic E-state index is 11.7. The van der Waals surface area contributed by atoms with Crippen molar-refractivity contribution in [1.82, 2.24) is 5.43 Å². The van der Waals surface area contributed by atoms with Gasteiger partial charge in [0.15, 0.2) is 0 Å². The quantitative estimate of drug-likeness (QED) is 0.626. The van der Waals surface area contributed by atoms with Crippen molar-refractivity contribution in [3.05, 3.63) is 11.6 Å². The predicted molar refractivity (Wildman–Crippen MR) is 73.7 cm³/mol. The van der Waals surface area contributed by atoms with Crippen LogP contribution in [0.5, 0.6) is 0 Å². The van der Waals surface area contributed by atoms with Crippen molar-refractivity contribution < 1.29 is 9.53 Å². The number of ether oxygens (including phenoxy) is 1. The first-order chi connectivity index (χ1) is 9.09. The van der Waals surface area contributed by atoms with Crippen LogP contribution in [-0.4, -0.2) is 24.8 Å². The van der Waals surface area contributed by atoms with Crippen LogP contribution < -0.4 is 5.43 Å². The third-order valence-corrected chi connectivity index (χ3v) is 5.12. The maximum atomic E-state index is 11.7. The molecule has 4 aliphatic rings. The van der Waals surface area contributed by atoms with E-state index in [1.165, 1.54) is 12.0 Å². The van der Waals surface area contributed by atoms with Gasteiger partial charge in [0.2, 0.25) is 0 Å². The third-order valence-electron chi connectivity index (χ3n) is 5.12. The van der Waals surface area contributed by atoms with Gasteiger partial charge in [0.1, 0.15) is 6.10 Å². The number of hydrogen-bond donors (Lipinski definition) is 1. The number of carbonyl (C=O) groups is 1. The van der Waals surface area contributed by atoms with Crippen molar-refractivity contribution in [1.29, 1.82) is 0 Å². The molecule has 2 fully saturated rings. The fourth-order valence-corrected chi connectivity index (χ4v) is 3.57. The summed E-state index contributed by atoms with van der Waals surface area (Å²) in [5, 5.41) is 4.11. The molecule has 4 rings (SSSR count). The Labute approximate surface area is 114 Å². The van der Waals surface area contributed by atoms with Crippen LogP contribution >= 0.6 is 0 Å². The van der Waals surface area contributed by atoms with E-state index in [2.05, 4.69) is 30.5 Å². The lowest BCUT2D eigenvalue weighted by Crippen LogP contribution is -2.48. The van der Waals surface area contributed by atoms with Crippen LogP contribution in [0.15, 0.2) is 16.8 Å². The lowest BCUT2D eigenvalue weighted by molar-refractivity contribution is -0.130. The summed E-state index contributed by atoms with van der Waals surface area (Å²) in [6.07, 6.45) is 7.98. The first kappa shape index (κ1) is 12.9. The Morgan fingerprint density at radius 3 is 3.05 bits per heavy atom. The summed E-state index contributed by atoms with van der Waals surface area (Å²) in [6, 6.07) is 0. The van der Waals surface area contributed by atoms with Crippen LogP contribution in [0.2, 0.25) is 0 Å². The van der Waals surface area contributed by atoms with E-state index in [1.807, 2.05) is 6.21 Å². The van der Waals surface area contributed by atoms with E-state index >= 15 is 0 Å². The van der Waals surface area contributed by atoms with Gasteiger partial charge in [-0.15, -0.1) is 0 Å². The molecule has 0 spiro atoms. The molecule has 1 N–H and O–H groups in total. The number of rotatable bonds is 3. The van der Waals surface area contributed by atoms with Crippen molar-refractivity contribution >= 4 is 12.1 Å². The molecule has 1 saturated heterocycles. The van der Waals surface area contributed by atoms with Crippen LogP contribution in [0.4, 0.5) is 0 Å². The average molecular weight is 262 g/mol. The minimum absolute atomic E-state index is 0.115. The number of amides is 1. The molecular weight excluding hydrogens is 240 g/mol. The molecule has 19 heavy (non-hydrogen) atoms. The Balaban J connectivity index is 1.55. The molecule has 4 nitrogen and oxygen atoms in total. The van der Waals surface area contributed by atoms with E-state index in [0.29, 0.717) is 17.9 Å². The fourth-order valence-electron chi connectivity index (χ4n) is 3.57. The number of carbonyl (C=O) groups excluding carboxylic acids is 1. The van der Waals surface area contributed by atoms with Crippen molar-refractivity contribution in [2.75, 3.05) is 6.61 Å². The van der Waals surface area contributed by atoms with Crippen LogP contribution in [0.3, 0.4) is 0 Å². The average Bonchev–Trinajstić information content (AvgIpc) is 2.92. The molecule has 0 unspecified atom stereocenters. The fraction of sp³-hybridized carbons (Fsp3) is 0.733. The van der Waals surface area contributed by atoms with Gasteiger partial charge in [0.25, 0.3) is 5.91 Å². The molecular formula is C15H22N2O2. The number of nitrogens with one attached hydrogen (secondary N) is 1. The van der Waals surface area contributed by atoms with E-state index in [0.717, 1.165) is 25.2 Å². The van der Waals surface area contributed by atoms with Gasteiger partial charge in [-0.05, 0) is 48.5 Å². The Kier molecular flexibility index (Phi) is 3.21. The minimum Gasteiger partial charge on any atom is -0.368 e. The lowest BCUT2D eigenvalue weighted by Gasteiger charge is -2.55. The zero-order valence-electron chi connectivity index (χ0n) is 11.7. The molecule has 0 aromatic carbocycles. The summed E-state index contributed by atoms with van der Waals surface area (Å²) >= 11 is 0. The monoisotopic (exact) mass is 262 g/mol. The zero-order chi connectivity index (χ0) is 13.5. The molecule has 1 saturated carbocycles. The van der Waals surface area contributed by atoms with Crippen molar-refractivity contribution in [3.8, 4) is 0 Å². The largest absolute Gasteiger partial charge is 0.368 e. The molecule has 1 amide bonds. The molecule has 104 valence electrons. The SMILES string of the molecule is CC1(C)[C@H]2CC=C(C=NNC(=O)[C@H]3CCCO3)[C@H]1C2. The summed E-state index contributed by atoms with van der Waals surface area (Å²) < 4.78 is 5.32. The van der Waals surface area contributed by atoms with Gasteiger partial charge < -0.3 is 4.74 Å². The Bertz CT molecular complexity index is 433. The lowest BCUT2D eigenvalue weighted by atomic mass is 9.49.